The summed E-state index contributed by atoms with van der Waals surface area (Å²) in [6.45, 7) is 3.18. The van der Waals surface area contributed by atoms with Gasteiger partial charge in [-0.05, 0) is 37.1 Å². The summed E-state index contributed by atoms with van der Waals surface area (Å²) >= 11 is 0. The van der Waals surface area contributed by atoms with Crippen LogP contribution < -0.4 is 5.73 Å². The maximum Gasteiger partial charge on any atom is 0.323 e. The fourth-order valence-corrected chi connectivity index (χ4v) is 2.86. The minimum absolute atomic E-state index is 0.00144. The van der Waals surface area contributed by atoms with Crippen molar-refractivity contribution in [3.05, 3.63) is 29.3 Å². The standard InChI is InChI=1S/C11H15NO4S/c1-7-3-4-9(5-8(7)2)17(15,16)10(6-12)11(13)14/h3-5,10H,6,12H2,1-2H3,(H,13,14). The molecule has 0 heterocycles. The predicted molar refractivity (Wildman–Crippen MR) is 63.6 cm³/mol. The quantitative estimate of drug-likeness (QED) is 0.818. The molecule has 0 aliphatic rings. The molecule has 1 aromatic carbocycles. The molecule has 6 heteroatoms. The zero-order valence-electron chi connectivity index (χ0n) is 9.67. The first-order chi connectivity index (χ1) is 7.80. The van der Waals surface area contributed by atoms with Crippen LogP contribution >= 0.6 is 0 Å². The summed E-state index contributed by atoms with van der Waals surface area (Å²) in [5.74, 6) is -1.43. The number of aliphatic carboxylic acids is 1. The molecule has 1 atom stereocenters. The second kappa shape index (κ2) is 4.85. The van der Waals surface area contributed by atoms with Crippen molar-refractivity contribution in [1.29, 1.82) is 0 Å². The maximum atomic E-state index is 12.0. The van der Waals surface area contributed by atoms with Crippen molar-refractivity contribution in [3.63, 3.8) is 0 Å². The first kappa shape index (κ1) is 13.7. The van der Waals surface area contributed by atoms with Gasteiger partial charge in [-0.2, -0.15) is 0 Å². The fourth-order valence-electron chi connectivity index (χ4n) is 1.42. The highest BCUT2D eigenvalue weighted by molar-refractivity contribution is 7.92. The fraction of sp³-hybridized carbons (Fsp3) is 0.364. The summed E-state index contributed by atoms with van der Waals surface area (Å²) in [5, 5.41) is 7.24. The minimum Gasteiger partial charge on any atom is -0.480 e. The van der Waals surface area contributed by atoms with E-state index in [4.69, 9.17) is 10.8 Å². The zero-order valence-corrected chi connectivity index (χ0v) is 10.5. The van der Waals surface area contributed by atoms with Crippen molar-refractivity contribution >= 4 is 15.8 Å². The van der Waals surface area contributed by atoms with Gasteiger partial charge in [0.15, 0.2) is 15.1 Å². The molecule has 0 spiro atoms. The molecule has 0 saturated heterocycles. The number of hydrogen-bond donors (Lipinski definition) is 2. The lowest BCUT2D eigenvalue weighted by Gasteiger charge is -2.12. The van der Waals surface area contributed by atoms with Gasteiger partial charge in [0, 0.05) is 6.54 Å². The number of benzene rings is 1. The molecule has 0 aliphatic carbocycles. The van der Waals surface area contributed by atoms with Crippen molar-refractivity contribution < 1.29 is 18.3 Å². The molecule has 1 aromatic rings. The largest absolute Gasteiger partial charge is 0.480 e. The normalized spacial score (nSPS) is 13.4. The molecule has 3 N–H and O–H groups in total. The van der Waals surface area contributed by atoms with E-state index in [1.807, 2.05) is 6.92 Å². The average Bonchev–Trinajstić information content (AvgIpc) is 2.21. The number of hydrogen-bond acceptors (Lipinski definition) is 4. The SMILES string of the molecule is Cc1ccc(S(=O)(=O)C(CN)C(=O)O)cc1C. The Morgan fingerprint density at radius 3 is 2.35 bits per heavy atom. The minimum atomic E-state index is -3.91. The Labute approximate surface area is 100 Å². The van der Waals surface area contributed by atoms with E-state index in [0.717, 1.165) is 11.1 Å². The Hall–Kier alpha value is -1.40. The van der Waals surface area contributed by atoms with Gasteiger partial charge in [-0.1, -0.05) is 6.07 Å². The van der Waals surface area contributed by atoms with Crippen molar-refractivity contribution in [1.82, 2.24) is 0 Å². The molecular weight excluding hydrogens is 242 g/mol. The van der Waals surface area contributed by atoms with Gasteiger partial charge in [0.1, 0.15) is 0 Å². The van der Waals surface area contributed by atoms with Gasteiger partial charge >= 0.3 is 5.97 Å². The summed E-state index contributed by atoms with van der Waals surface area (Å²) in [4.78, 5) is 10.8. The van der Waals surface area contributed by atoms with Crippen LogP contribution in [0.4, 0.5) is 0 Å². The van der Waals surface area contributed by atoms with Gasteiger partial charge in [-0.3, -0.25) is 4.79 Å². The van der Waals surface area contributed by atoms with Gasteiger partial charge in [0.2, 0.25) is 0 Å². The van der Waals surface area contributed by atoms with Crippen LogP contribution in [0.3, 0.4) is 0 Å². The van der Waals surface area contributed by atoms with Gasteiger partial charge in [-0.15, -0.1) is 0 Å². The lowest BCUT2D eigenvalue weighted by atomic mass is 10.1. The molecular formula is C11H15NO4S. The topological polar surface area (TPSA) is 97.5 Å². The molecule has 0 radical (unpaired) electrons. The smallest absolute Gasteiger partial charge is 0.323 e. The van der Waals surface area contributed by atoms with Crippen LogP contribution in [0, 0.1) is 13.8 Å². The maximum absolute atomic E-state index is 12.0. The van der Waals surface area contributed by atoms with E-state index in [0.29, 0.717) is 0 Å². The number of aryl methyl sites for hydroxylation is 2. The number of carbonyl (C=O) groups is 1. The van der Waals surface area contributed by atoms with Crippen molar-refractivity contribution in [2.24, 2.45) is 5.73 Å². The number of nitrogens with two attached hydrogens (primary N) is 1. The van der Waals surface area contributed by atoms with E-state index in [-0.39, 0.29) is 4.90 Å². The molecule has 94 valence electrons. The summed E-state index contributed by atoms with van der Waals surface area (Å²) in [6, 6.07) is 4.52. The zero-order chi connectivity index (χ0) is 13.2. The van der Waals surface area contributed by atoms with Crippen LogP contribution in [0.5, 0.6) is 0 Å². The molecule has 1 rings (SSSR count). The van der Waals surface area contributed by atoms with Crippen LogP contribution in [0.1, 0.15) is 11.1 Å². The van der Waals surface area contributed by atoms with Crippen molar-refractivity contribution in [2.75, 3.05) is 6.54 Å². The third-order valence-electron chi connectivity index (χ3n) is 2.67. The predicted octanol–water partition coefficient (Wildman–Crippen LogP) is 0.489. The van der Waals surface area contributed by atoms with Gasteiger partial charge in [0.25, 0.3) is 0 Å². The summed E-state index contributed by atoms with van der Waals surface area (Å²) in [5.41, 5.74) is 6.95. The van der Waals surface area contributed by atoms with E-state index in [9.17, 15) is 13.2 Å². The van der Waals surface area contributed by atoms with E-state index >= 15 is 0 Å². The second-order valence-electron chi connectivity index (χ2n) is 3.85. The Bertz CT molecular complexity index is 536. The molecule has 5 nitrogen and oxygen atoms in total. The van der Waals surface area contributed by atoms with Crippen LogP contribution in [0.2, 0.25) is 0 Å². The highest BCUT2D eigenvalue weighted by Crippen LogP contribution is 2.19. The molecule has 17 heavy (non-hydrogen) atoms. The number of carboxylic acid groups (broad SMARTS) is 1. The Balaban J connectivity index is 3.30. The van der Waals surface area contributed by atoms with E-state index in [1.54, 1.807) is 13.0 Å². The van der Waals surface area contributed by atoms with Gasteiger partial charge in [0.05, 0.1) is 4.90 Å². The lowest BCUT2D eigenvalue weighted by Crippen LogP contribution is -2.37. The lowest BCUT2D eigenvalue weighted by molar-refractivity contribution is -0.136. The summed E-state index contributed by atoms with van der Waals surface area (Å²) in [6.07, 6.45) is 0. The summed E-state index contributed by atoms with van der Waals surface area (Å²) in [7, 11) is -3.91. The second-order valence-corrected chi connectivity index (χ2v) is 5.98. The highest BCUT2D eigenvalue weighted by Gasteiger charge is 2.32. The van der Waals surface area contributed by atoms with E-state index in [1.165, 1.54) is 12.1 Å². The van der Waals surface area contributed by atoms with E-state index in [2.05, 4.69) is 0 Å². The Morgan fingerprint density at radius 2 is 1.94 bits per heavy atom. The van der Waals surface area contributed by atoms with Gasteiger partial charge in [-0.25, -0.2) is 8.42 Å². The molecule has 0 aliphatic heterocycles. The number of carboxylic acids is 1. The molecule has 0 fully saturated rings. The third kappa shape index (κ3) is 2.65. The van der Waals surface area contributed by atoms with Crippen LogP contribution in [-0.4, -0.2) is 31.3 Å². The molecule has 0 aromatic heterocycles. The van der Waals surface area contributed by atoms with Crippen molar-refractivity contribution in [2.45, 2.75) is 24.0 Å². The molecule has 0 saturated carbocycles. The first-order valence-corrected chi connectivity index (χ1v) is 6.59. The van der Waals surface area contributed by atoms with Crippen molar-refractivity contribution in [3.8, 4) is 0 Å². The Morgan fingerprint density at radius 1 is 1.35 bits per heavy atom. The third-order valence-corrected chi connectivity index (χ3v) is 4.73. The monoisotopic (exact) mass is 257 g/mol. The molecule has 0 amide bonds. The number of sulfone groups is 1. The van der Waals surface area contributed by atoms with E-state index < -0.39 is 27.6 Å². The van der Waals surface area contributed by atoms with Crippen LogP contribution in [-0.2, 0) is 14.6 Å². The number of rotatable bonds is 4. The van der Waals surface area contributed by atoms with Gasteiger partial charge < -0.3 is 10.8 Å². The molecule has 0 bridgehead atoms. The van der Waals surface area contributed by atoms with Crippen LogP contribution in [0.25, 0.3) is 0 Å². The average molecular weight is 257 g/mol. The highest BCUT2D eigenvalue weighted by atomic mass is 32.2. The summed E-state index contributed by atoms with van der Waals surface area (Å²) < 4.78 is 24.0. The molecule has 1 unspecified atom stereocenters. The first-order valence-electron chi connectivity index (χ1n) is 5.04. The van der Waals surface area contributed by atoms with Crippen LogP contribution in [0.15, 0.2) is 23.1 Å². The Kier molecular flexibility index (Phi) is 3.90.